The number of nitrogens with zero attached hydrogens (tertiary/aromatic N) is 3. The molecule has 1 aliphatic rings. The molecule has 1 aromatic heterocycles. The maximum atomic E-state index is 12.7. The average molecular weight is 421 g/mol. The van der Waals surface area contributed by atoms with E-state index < -0.39 is 0 Å². The molecular weight excluding hydrogens is 392 g/mol. The Morgan fingerprint density at radius 2 is 1.77 bits per heavy atom. The van der Waals surface area contributed by atoms with Gasteiger partial charge in [-0.2, -0.15) is 0 Å². The van der Waals surface area contributed by atoms with Crippen LogP contribution < -0.4 is 14.8 Å². The number of rotatable bonds is 5. The number of aromatic nitrogens is 2. The molecule has 7 heteroatoms. The predicted octanol–water partition coefficient (Wildman–Crippen LogP) is 4.84. The van der Waals surface area contributed by atoms with Gasteiger partial charge in [-0.15, -0.1) is 0 Å². The molecule has 0 spiro atoms. The number of likely N-dealkylation sites (tertiary alicyclic amines) is 1. The maximum absolute atomic E-state index is 12.7. The number of anilines is 1. The monoisotopic (exact) mass is 420 g/mol. The van der Waals surface area contributed by atoms with Crippen LogP contribution in [0.15, 0.2) is 48.8 Å². The Bertz CT molecular complexity index is 1040. The van der Waals surface area contributed by atoms with Gasteiger partial charge in [-0.05, 0) is 63.1 Å². The van der Waals surface area contributed by atoms with Gasteiger partial charge in [0.2, 0.25) is 0 Å². The number of hydrogen-bond donors (Lipinski definition) is 1. The van der Waals surface area contributed by atoms with Gasteiger partial charge in [-0.3, -0.25) is 0 Å². The molecule has 2 heterocycles. The van der Waals surface area contributed by atoms with Crippen molar-refractivity contribution >= 4 is 22.6 Å². The van der Waals surface area contributed by atoms with E-state index >= 15 is 0 Å². The fraction of sp³-hybridized carbons (Fsp3) is 0.375. The molecule has 0 unspecified atom stereocenters. The third kappa shape index (κ3) is 4.87. The summed E-state index contributed by atoms with van der Waals surface area (Å²) in [6.45, 7) is 5.35. The minimum Gasteiger partial charge on any atom is -0.497 e. The molecule has 1 N–H and O–H groups in total. The van der Waals surface area contributed by atoms with E-state index in [1.54, 1.807) is 13.4 Å². The van der Waals surface area contributed by atoms with Crippen molar-refractivity contribution in [1.82, 2.24) is 14.9 Å². The number of fused-ring (bicyclic) bond motifs is 1. The molecule has 1 saturated heterocycles. The number of urea groups is 1. The highest BCUT2D eigenvalue weighted by Crippen LogP contribution is 2.32. The van der Waals surface area contributed by atoms with Gasteiger partial charge >= 0.3 is 6.03 Å². The minimum absolute atomic E-state index is 0.0757. The normalized spacial score (nSPS) is 14.6. The molecule has 7 nitrogen and oxygen atoms in total. The van der Waals surface area contributed by atoms with Crippen molar-refractivity contribution in [2.45, 2.75) is 38.7 Å². The van der Waals surface area contributed by atoms with Crippen LogP contribution in [-0.4, -0.2) is 47.2 Å². The van der Waals surface area contributed by atoms with Crippen LogP contribution in [0.5, 0.6) is 11.5 Å². The zero-order chi connectivity index (χ0) is 21.8. The second kappa shape index (κ2) is 9.20. The number of methoxy groups -OCH3 is 1. The van der Waals surface area contributed by atoms with E-state index in [9.17, 15) is 4.79 Å². The Balaban J connectivity index is 1.37. The highest BCUT2D eigenvalue weighted by molar-refractivity contribution is 5.89. The minimum atomic E-state index is -0.0757. The maximum Gasteiger partial charge on any atom is 0.321 e. The van der Waals surface area contributed by atoms with Gasteiger partial charge in [-0.25, -0.2) is 14.8 Å². The van der Waals surface area contributed by atoms with Crippen molar-refractivity contribution in [1.29, 1.82) is 0 Å². The van der Waals surface area contributed by atoms with E-state index in [0.717, 1.165) is 46.6 Å². The van der Waals surface area contributed by atoms with Crippen LogP contribution >= 0.6 is 0 Å². The van der Waals surface area contributed by atoms with Crippen molar-refractivity contribution in [3.8, 4) is 11.5 Å². The first-order valence-electron chi connectivity index (χ1n) is 10.6. The number of nitrogens with one attached hydrogen (secondary N) is 1. The number of ether oxygens (including phenoxy) is 2. The fourth-order valence-electron chi connectivity index (χ4n) is 3.96. The second-order valence-electron chi connectivity index (χ2n) is 8.02. The standard InChI is InChI=1S/C24H28N4O3/c1-16(2)31-19-6-4-18(5-7-19)27-24(29)28-12-10-17(11-13-28)23-21-9-8-20(30-3)14-22(21)25-15-26-23/h4-9,14-17H,10-13H2,1-3H3,(H,27,29). The molecule has 1 fully saturated rings. The summed E-state index contributed by atoms with van der Waals surface area (Å²) in [5.41, 5.74) is 2.70. The third-order valence-corrected chi connectivity index (χ3v) is 5.52. The summed E-state index contributed by atoms with van der Waals surface area (Å²) in [6, 6.07) is 13.3. The van der Waals surface area contributed by atoms with E-state index in [4.69, 9.17) is 9.47 Å². The van der Waals surface area contributed by atoms with E-state index in [1.165, 1.54) is 0 Å². The molecule has 0 saturated carbocycles. The van der Waals surface area contributed by atoms with Gasteiger partial charge in [0.25, 0.3) is 0 Å². The summed E-state index contributed by atoms with van der Waals surface area (Å²) in [5.74, 6) is 1.88. The predicted molar refractivity (Wildman–Crippen MR) is 121 cm³/mol. The van der Waals surface area contributed by atoms with Gasteiger partial charge in [0.1, 0.15) is 17.8 Å². The lowest BCUT2D eigenvalue weighted by Gasteiger charge is -2.32. The lowest BCUT2D eigenvalue weighted by molar-refractivity contribution is 0.194. The van der Waals surface area contributed by atoms with Crippen molar-refractivity contribution in [2.24, 2.45) is 0 Å². The summed E-state index contributed by atoms with van der Waals surface area (Å²) in [5, 5.41) is 4.03. The van der Waals surface area contributed by atoms with Crippen molar-refractivity contribution in [2.75, 3.05) is 25.5 Å². The Morgan fingerprint density at radius 1 is 1.06 bits per heavy atom. The van der Waals surface area contributed by atoms with Crippen LogP contribution in [0.1, 0.15) is 38.3 Å². The van der Waals surface area contributed by atoms with Crippen LogP contribution in [0.25, 0.3) is 10.9 Å². The van der Waals surface area contributed by atoms with E-state index in [-0.39, 0.29) is 12.1 Å². The Morgan fingerprint density at radius 3 is 2.45 bits per heavy atom. The van der Waals surface area contributed by atoms with Gasteiger partial charge in [-0.1, -0.05) is 0 Å². The van der Waals surface area contributed by atoms with Gasteiger partial charge in [0.05, 0.1) is 24.4 Å². The molecule has 0 aliphatic carbocycles. The summed E-state index contributed by atoms with van der Waals surface area (Å²) in [4.78, 5) is 23.5. The Hall–Kier alpha value is -3.35. The number of carbonyl (C=O) groups excluding carboxylic acids is 1. The quantitative estimate of drug-likeness (QED) is 0.639. The number of benzene rings is 2. The third-order valence-electron chi connectivity index (χ3n) is 5.52. The number of piperidine rings is 1. The lowest BCUT2D eigenvalue weighted by atomic mass is 9.91. The first kappa shape index (κ1) is 20.9. The summed E-state index contributed by atoms with van der Waals surface area (Å²) >= 11 is 0. The van der Waals surface area contributed by atoms with Crippen LogP contribution in [0.2, 0.25) is 0 Å². The van der Waals surface area contributed by atoms with Crippen LogP contribution in [0, 0.1) is 0 Å². The summed E-state index contributed by atoms with van der Waals surface area (Å²) in [7, 11) is 1.65. The second-order valence-corrected chi connectivity index (χ2v) is 8.02. The molecule has 0 bridgehead atoms. The highest BCUT2D eigenvalue weighted by Gasteiger charge is 2.26. The van der Waals surface area contributed by atoms with Gasteiger partial charge in [0.15, 0.2) is 0 Å². The molecule has 2 aromatic carbocycles. The number of carbonyl (C=O) groups is 1. The SMILES string of the molecule is COc1ccc2c(C3CCN(C(=O)Nc4ccc(OC(C)C)cc4)CC3)ncnc2c1. The first-order chi connectivity index (χ1) is 15.0. The van der Waals surface area contributed by atoms with Crippen LogP contribution in [0.4, 0.5) is 10.5 Å². The Labute approximate surface area is 182 Å². The summed E-state index contributed by atoms with van der Waals surface area (Å²) < 4.78 is 10.9. The van der Waals surface area contributed by atoms with Crippen LogP contribution in [-0.2, 0) is 0 Å². The molecule has 3 aromatic rings. The topological polar surface area (TPSA) is 76.6 Å². The molecule has 31 heavy (non-hydrogen) atoms. The van der Waals surface area contributed by atoms with Crippen molar-refractivity contribution < 1.29 is 14.3 Å². The van der Waals surface area contributed by atoms with Crippen LogP contribution in [0.3, 0.4) is 0 Å². The van der Waals surface area contributed by atoms with Gasteiger partial charge in [0, 0.05) is 36.1 Å². The van der Waals surface area contributed by atoms with Gasteiger partial charge < -0.3 is 19.7 Å². The Kier molecular flexibility index (Phi) is 6.21. The van der Waals surface area contributed by atoms with Crippen molar-refractivity contribution in [3.05, 3.63) is 54.5 Å². The fourth-order valence-corrected chi connectivity index (χ4v) is 3.96. The number of hydrogen-bond acceptors (Lipinski definition) is 5. The molecule has 0 radical (unpaired) electrons. The van der Waals surface area contributed by atoms with E-state index in [1.807, 2.05) is 61.2 Å². The molecule has 0 atom stereocenters. The molecule has 2 amide bonds. The van der Waals surface area contributed by atoms with Crippen molar-refractivity contribution in [3.63, 3.8) is 0 Å². The lowest BCUT2D eigenvalue weighted by Crippen LogP contribution is -2.40. The zero-order valence-electron chi connectivity index (χ0n) is 18.2. The largest absolute Gasteiger partial charge is 0.497 e. The molecule has 1 aliphatic heterocycles. The molecule has 162 valence electrons. The number of amides is 2. The smallest absolute Gasteiger partial charge is 0.321 e. The summed E-state index contributed by atoms with van der Waals surface area (Å²) in [6.07, 6.45) is 3.47. The average Bonchev–Trinajstić information content (AvgIpc) is 2.79. The highest BCUT2D eigenvalue weighted by atomic mass is 16.5. The van der Waals surface area contributed by atoms with E-state index in [2.05, 4.69) is 15.3 Å². The zero-order valence-corrected chi connectivity index (χ0v) is 18.2. The molecular formula is C24H28N4O3. The first-order valence-corrected chi connectivity index (χ1v) is 10.6. The molecule has 4 rings (SSSR count). The van der Waals surface area contributed by atoms with E-state index in [0.29, 0.717) is 19.0 Å².